The molecule has 27 heavy (non-hydrogen) atoms. The van der Waals surface area contributed by atoms with Crippen LogP contribution < -0.4 is 10.6 Å². The highest BCUT2D eigenvalue weighted by Gasteiger charge is 2.22. The maximum Gasteiger partial charge on any atom is 0.341 e. The molecular weight excluding hydrogens is 387 g/mol. The lowest BCUT2D eigenvalue weighted by Gasteiger charge is -2.14. The standard InChI is InChI=1S/C19H21FN2O3S2/c1-2-24-18(23)16-15(12-5-7-13(20)8-6-12)11-27-17(16)22-19(26)21-10-14-4-3-9-25-14/h5-8,11,14H,2-4,9-10H2,1H3,(H2,21,22,26)/t14-/m1/s1. The SMILES string of the molecule is CCOC(=O)c1c(-c2ccc(F)cc2)csc1NC(=S)NC[C@H]1CCCO1. The molecule has 1 fully saturated rings. The van der Waals surface area contributed by atoms with E-state index in [2.05, 4.69) is 10.6 Å². The summed E-state index contributed by atoms with van der Waals surface area (Å²) < 4.78 is 24.0. The minimum absolute atomic E-state index is 0.160. The van der Waals surface area contributed by atoms with Crippen LogP contribution in [0.1, 0.15) is 30.1 Å². The summed E-state index contributed by atoms with van der Waals surface area (Å²) in [7, 11) is 0. The van der Waals surface area contributed by atoms with E-state index < -0.39 is 5.97 Å². The third kappa shape index (κ3) is 5.03. The van der Waals surface area contributed by atoms with Gasteiger partial charge >= 0.3 is 5.97 Å². The number of halogens is 1. The highest BCUT2D eigenvalue weighted by Crippen LogP contribution is 2.36. The summed E-state index contributed by atoms with van der Waals surface area (Å²) >= 11 is 6.70. The van der Waals surface area contributed by atoms with Crippen LogP contribution in [-0.2, 0) is 9.47 Å². The quantitative estimate of drug-likeness (QED) is 0.552. The molecule has 3 rings (SSSR count). The van der Waals surface area contributed by atoms with Gasteiger partial charge in [-0.1, -0.05) is 12.1 Å². The molecular formula is C19H21FN2O3S2. The van der Waals surface area contributed by atoms with Crippen molar-refractivity contribution in [3.63, 3.8) is 0 Å². The number of hydrogen-bond donors (Lipinski definition) is 2. The molecule has 5 nitrogen and oxygen atoms in total. The molecule has 0 aliphatic carbocycles. The molecule has 1 aliphatic heterocycles. The molecule has 1 aliphatic rings. The van der Waals surface area contributed by atoms with E-state index in [4.69, 9.17) is 21.7 Å². The number of thiocarbonyl (C=S) groups is 1. The summed E-state index contributed by atoms with van der Waals surface area (Å²) in [6.07, 6.45) is 2.23. The van der Waals surface area contributed by atoms with Crippen LogP contribution in [0.5, 0.6) is 0 Å². The van der Waals surface area contributed by atoms with Crippen LogP contribution >= 0.6 is 23.6 Å². The van der Waals surface area contributed by atoms with Crippen LogP contribution in [0.2, 0.25) is 0 Å². The van der Waals surface area contributed by atoms with E-state index in [1.807, 2.05) is 5.38 Å². The first-order valence-corrected chi connectivity index (χ1v) is 10.1. The molecule has 0 amide bonds. The number of hydrogen-bond acceptors (Lipinski definition) is 5. The number of carbonyl (C=O) groups is 1. The molecule has 0 unspecified atom stereocenters. The summed E-state index contributed by atoms with van der Waals surface area (Å²) in [5.74, 6) is -0.771. The van der Waals surface area contributed by atoms with Gasteiger partial charge in [0.15, 0.2) is 5.11 Å². The first-order valence-electron chi connectivity index (χ1n) is 8.79. The monoisotopic (exact) mass is 408 g/mol. The number of nitrogens with one attached hydrogen (secondary N) is 2. The highest BCUT2D eigenvalue weighted by atomic mass is 32.1. The summed E-state index contributed by atoms with van der Waals surface area (Å²) in [5, 5.41) is 9.06. The maximum atomic E-state index is 13.2. The fraction of sp³-hybridized carbons (Fsp3) is 0.368. The fourth-order valence-electron chi connectivity index (χ4n) is 2.86. The van der Waals surface area contributed by atoms with Gasteiger partial charge in [-0.05, 0) is 49.7 Å². The Bertz CT molecular complexity index is 802. The Morgan fingerprint density at radius 3 is 2.85 bits per heavy atom. The van der Waals surface area contributed by atoms with Crippen molar-refractivity contribution in [3.05, 3.63) is 41.0 Å². The van der Waals surface area contributed by atoms with E-state index >= 15 is 0 Å². The van der Waals surface area contributed by atoms with Gasteiger partial charge in [0.25, 0.3) is 0 Å². The average Bonchev–Trinajstić information content (AvgIpc) is 3.31. The number of benzene rings is 1. The topological polar surface area (TPSA) is 59.6 Å². The number of ether oxygens (including phenoxy) is 2. The van der Waals surface area contributed by atoms with Crippen molar-refractivity contribution >= 4 is 39.6 Å². The Balaban J connectivity index is 1.78. The lowest BCUT2D eigenvalue weighted by Crippen LogP contribution is -2.35. The van der Waals surface area contributed by atoms with Gasteiger partial charge in [-0.25, -0.2) is 9.18 Å². The van der Waals surface area contributed by atoms with Crippen molar-refractivity contribution in [3.8, 4) is 11.1 Å². The Morgan fingerprint density at radius 2 is 2.19 bits per heavy atom. The predicted octanol–water partition coefficient (Wildman–Crippen LogP) is 4.20. The number of rotatable bonds is 6. The fourth-order valence-corrected chi connectivity index (χ4v) is 4.07. The number of anilines is 1. The zero-order chi connectivity index (χ0) is 19.2. The molecule has 1 aromatic carbocycles. The van der Waals surface area contributed by atoms with Gasteiger partial charge in [0.05, 0.1) is 12.7 Å². The molecule has 0 spiro atoms. The second-order valence-corrected chi connectivity index (χ2v) is 7.34. The van der Waals surface area contributed by atoms with Gasteiger partial charge in [0.1, 0.15) is 16.4 Å². The van der Waals surface area contributed by atoms with Crippen molar-refractivity contribution in [1.29, 1.82) is 0 Å². The highest BCUT2D eigenvalue weighted by molar-refractivity contribution is 7.80. The van der Waals surface area contributed by atoms with Crippen molar-refractivity contribution < 1.29 is 18.7 Å². The smallest absolute Gasteiger partial charge is 0.341 e. The third-order valence-corrected chi connectivity index (χ3v) is 5.31. The van der Waals surface area contributed by atoms with Gasteiger partial charge in [-0.3, -0.25) is 0 Å². The maximum absolute atomic E-state index is 13.2. The van der Waals surface area contributed by atoms with Crippen LogP contribution in [-0.4, -0.2) is 36.9 Å². The van der Waals surface area contributed by atoms with E-state index in [9.17, 15) is 9.18 Å². The van der Waals surface area contributed by atoms with Gasteiger partial charge in [-0.15, -0.1) is 11.3 Å². The average molecular weight is 409 g/mol. The predicted molar refractivity (Wildman–Crippen MR) is 109 cm³/mol. The molecule has 0 bridgehead atoms. The Labute approximate surface area is 166 Å². The van der Waals surface area contributed by atoms with Crippen LogP contribution in [0.3, 0.4) is 0 Å². The number of thiophene rings is 1. The van der Waals surface area contributed by atoms with Crippen molar-refractivity contribution in [2.45, 2.75) is 25.9 Å². The summed E-state index contributed by atoms with van der Waals surface area (Å²) in [5.41, 5.74) is 1.82. The summed E-state index contributed by atoms with van der Waals surface area (Å²) in [6, 6.07) is 6.00. The van der Waals surface area contributed by atoms with Crippen LogP contribution in [0.25, 0.3) is 11.1 Å². The number of carbonyl (C=O) groups excluding carboxylic acids is 1. The largest absolute Gasteiger partial charge is 0.462 e. The minimum Gasteiger partial charge on any atom is -0.462 e. The van der Waals surface area contributed by atoms with Crippen molar-refractivity contribution in [2.24, 2.45) is 0 Å². The lowest BCUT2D eigenvalue weighted by molar-refractivity contribution is 0.0529. The molecule has 2 aromatic rings. The van der Waals surface area contributed by atoms with E-state index in [0.29, 0.717) is 27.8 Å². The molecule has 0 radical (unpaired) electrons. The molecule has 1 aromatic heterocycles. The molecule has 2 heterocycles. The van der Waals surface area contributed by atoms with Crippen LogP contribution in [0.15, 0.2) is 29.6 Å². The van der Waals surface area contributed by atoms with Crippen molar-refractivity contribution in [1.82, 2.24) is 5.32 Å². The molecule has 8 heteroatoms. The molecule has 1 atom stereocenters. The molecule has 2 N–H and O–H groups in total. The van der Waals surface area contributed by atoms with Crippen molar-refractivity contribution in [2.75, 3.05) is 25.1 Å². The van der Waals surface area contributed by atoms with Gasteiger partial charge < -0.3 is 20.1 Å². The number of esters is 1. The van der Waals surface area contributed by atoms with E-state index in [-0.39, 0.29) is 18.5 Å². The van der Waals surface area contributed by atoms with Gasteiger partial charge in [-0.2, -0.15) is 0 Å². The third-order valence-electron chi connectivity index (χ3n) is 4.17. The van der Waals surface area contributed by atoms with E-state index in [1.165, 1.54) is 23.5 Å². The second kappa shape index (κ2) is 9.25. The molecule has 1 saturated heterocycles. The summed E-state index contributed by atoms with van der Waals surface area (Å²) in [6.45, 7) is 3.42. The van der Waals surface area contributed by atoms with Crippen LogP contribution in [0.4, 0.5) is 9.39 Å². The molecule has 144 valence electrons. The first kappa shape index (κ1) is 19.7. The zero-order valence-electron chi connectivity index (χ0n) is 14.9. The normalized spacial score (nSPS) is 16.1. The van der Waals surface area contributed by atoms with E-state index in [0.717, 1.165) is 25.0 Å². The molecule has 0 saturated carbocycles. The Hall–Kier alpha value is -2.03. The van der Waals surface area contributed by atoms with Gasteiger partial charge in [0, 0.05) is 24.1 Å². The van der Waals surface area contributed by atoms with Gasteiger partial charge in [0.2, 0.25) is 0 Å². The lowest BCUT2D eigenvalue weighted by atomic mass is 10.0. The Morgan fingerprint density at radius 1 is 1.41 bits per heavy atom. The first-order chi connectivity index (χ1) is 13.1. The second-order valence-electron chi connectivity index (χ2n) is 6.05. The minimum atomic E-state index is -0.442. The van der Waals surface area contributed by atoms with Crippen LogP contribution in [0, 0.1) is 5.82 Å². The summed E-state index contributed by atoms with van der Waals surface area (Å²) in [4.78, 5) is 12.5. The zero-order valence-corrected chi connectivity index (χ0v) is 16.6. The van der Waals surface area contributed by atoms with E-state index in [1.54, 1.807) is 19.1 Å². The Kier molecular flexibility index (Phi) is 6.76.